The lowest BCUT2D eigenvalue weighted by Gasteiger charge is -2.38. The molecular weight excluding hydrogens is 368 g/mol. The third-order valence-corrected chi connectivity index (χ3v) is 9.96. The van der Waals surface area contributed by atoms with Crippen molar-refractivity contribution in [1.29, 1.82) is 0 Å². The molecule has 6 heteroatoms. The highest BCUT2D eigenvalue weighted by Gasteiger charge is 2.40. The van der Waals surface area contributed by atoms with Crippen molar-refractivity contribution in [3.05, 3.63) is 35.7 Å². The Balaban J connectivity index is 2.18. The van der Waals surface area contributed by atoms with Crippen molar-refractivity contribution < 1.29 is 14.0 Å². The molecule has 0 spiro atoms. The summed E-state index contributed by atoms with van der Waals surface area (Å²) in [7, 11) is -1.89. The van der Waals surface area contributed by atoms with E-state index in [9.17, 15) is 4.79 Å². The predicted octanol–water partition coefficient (Wildman–Crippen LogP) is 5.50. The summed E-state index contributed by atoms with van der Waals surface area (Å²) in [6, 6.07) is 3.95. The summed E-state index contributed by atoms with van der Waals surface area (Å²) in [6.07, 6.45) is 6.24. The lowest BCUT2D eigenvalue weighted by atomic mass is 10.1. The molecule has 5 nitrogen and oxygen atoms in total. The number of carbonyl (C=O) groups excluding carboxylic acids is 1. The van der Waals surface area contributed by atoms with E-state index < -0.39 is 13.9 Å². The lowest BCUT2D eigenvalue weighted by Crippen LogP contribution is -2.46. The van der Waals surface area contributed by atoms with E-state index in [1.165, 1.54) is 5.57 Å². The van der Waals surface area contributed by atoms with Crippen LogP contribution in [-0.2, 0) is 9.16 Å². The number of carbonyl (C=O) groups is 1. The second-order valence-electron chi connectivity index (χ2n) is 10.1. The Morgan fingerprint density at radius 1 is 1.21 bits per heavy atom. The average molecular weight is 405 g/mol. The first-order chi connectivity index (χ1) is 12.8. The zero-order valence-corrected chi connectivity index (χ0v) is 19.7. The number of amides is 1. The molecule has 0 radical (unpaired) electrons. The van der Waals surface area contributed by atoms with Gasteiger partial charge < -0.3 is 9.16 Å². The molecule has 1 aliphatic heterocycles. The van der Waals surface area contributed by atoms with E-state index in [0.29, 0.717) is 13.2 Å². The van der Waals surface area contributed by atoms with Crippen LogP contribution in [0.3, 0.4) is 0 Å². The number of hydrogen-bond donors (Lipinski definition) is 0. The SMILES string of the molecule is CC(C)(C)OC(=O)N1C/C(=C/c2ccncc2)C[C@@H]1CO[Si](C)(C)C(C)(C)C. The summed E-state index contributed by atoms with van der Waals surface area (Å²) < 4.78 is 12.1. The van der Waals surface area contributed by atoms with E-state index in [1.54, 1.807) is 12.4 Å². The standard InChI is InChI=1S/C22H36N2O3Si/c1-21(2,3)27-20(25)24-15-18(13-17-9-11-23-12-10-17)14-19(24)16-26-28(7,8)22(4,5)6/h9-13,19H,14-16H2,1-8H3/b18-13+/t19-/m1/s1. The third kappa shape index (κ3) is 6.17. The van der Waals surface area contributed by atoms with Gasteiger partial charge in [-0.2, -0.15) is 0 Å². The van der Waals surface area contributed by atoms with E-state index in [4.69, 9.17) is 9.16 Å². The fourth-order valence-electron chi connectivity index (χ4n) is 2.83. The molecule has 2 heterocycles. The van der Waals surface area contributed by atoms with Crippen LogP contribution >= 0.6 is 0 Å². The summed E-state index contributed by atoms with van der Waals surface area (Å²) in [5, 5.41) is 0.137. The molecule has 1 atom stereocenters. The minimum absolute atomic E-state index is 0.00272. The quantitative estimate of drug-likeness (QED) is 0.622. The van der Waals surface area contributed by atoms with Crippen LogP contribution in [0.4, 0.5) is 4.79 Å². The van der Waals surface area contributed by atoms with E-state index in [2.05, 4.69) is 44.9 Å². The molecule has 0 N–H and O–H groups in total. The molecule has 1 amide bonds. The highest BCUT2D eigenvalue weighted by molar-refractivity contribution is 6.74. The van der Waals surface area contributed by atoms with Crippen molar-refractivity contribution in [2.45, 2.75) is 77.7 Å². The number of likely N-dealkylation sites (tertiary alicyclic amines) is 1. The highest BCUT2D eigenvalue weighted by atomic mass is 28.4. The normalized spacial score (nSPS) is 19.9. The Hall–Kier alpha value is -1.66. The van der Waals surface area contributed by atoms with Crippen LogP contribution in [-0.4, -0.2) is 49.1 Å². The van der Waals surface area contributed by atoms with Gasteiger partial charge in [0.15, 0.2) is 8.32 Å². The van der Waals surface area contributed by atoms with Crippen LogP contribution < -0.4 is 0 Å². The molecule has 2 rings (SSSR count). The summed E-state index contributed by atoms with van der Waals surface area (Å²) in [5.41, 5.74) is 1.79. The number of pyridine rings is 1. The molecular formula is C22H36N2O3Si. The predicted molar refractivity (Wildman–Crippen MR) is 117 cm³/mol. The molecule has 1 aromatic heterocycles. The van der Waals surface area contributed by atoms with Crippen molar-refractivity contribution >= 4 is 20.5 Å². The van der Waals surface area contributed by atoms with Gasteiger partial charge in [-0.25, -0.2) is 4.79 Å². The minimum atomic E-state index is -1.89. The van der Waals surface area contributed by atoms with Crippen molar-refractivity contribution in [1.82, 2.24) is 9.88 Å². The zero-order chi connectivity index (χ0) is 21.2. The second-order valence-corrected chi connectivity index (χ2v) is 14.9. The summed E-state index contributed by atoms with van der Waals surface area (Å²) in [4.78, 5) is 18.7. The van der Waals surface area contributed by atoms with Crippen LogP contribution in [0.5, 0.6) is 0 Å². The first kappa shape index (κ1) is 22.6. The topological polar surface area (TPSA) is 51.7 Å². The van der Waals surface area contributed by atoms with Gasteiger partial charge in [-0.1, -0.05) is 26.8 Å². The molecule has 0 saturated carbocycles. The Morgan fingerprint density at radius 3 is 2.36 bits per heavy atom. The van der Waals surface area contributed by atoms with Crippen LogP contribution in [0.1, 0.15) is 53.5 Å². The Morgan fingerprint density at radius 2 is 1.82 bits per heavy atom. The second kappa shape index (κ2) is 8.37. The van der Waals surface area contributed by atoms with Crippen LogP contribution in [0.2, 0.25) is 18.1 Å². The molecule has 1 aliphatic rings. The van der Waals surface area contributed by atoms with Gasteiger partial charge in [-0.15, -0.1) is 0 Å². The molecule has 1 saturated heterocycles. The lowest BCUT2D eigenvalue weighted by molar-refractivity contribution is 0.0184. The summed E-state index contributed by atoms with van der Waals surface area (Å²) in [5.74, 6) is 0. The van der Waals surface area contributed by atoms with Crippen molar-refractivity contribution in [3.63, 3.8) is 0 Å². The van der Waals surface area contributed by atoms with Crippen molar-refractivity contribution in [2.75, 3.05) is 13.2 Å². The highest BCUT2D eigenvalue weighted by Crippen LogP contribution is 2.37. The Labute approximate surface area is 171 Å². The van der Waals surface area contributed by atoms with E-state index in [-0.39, 0.29) is 17.2 Å². The first-order valence-corrected chi connectivity index (χ1v) is 12.9. The molecule has 156 valence electrons. The molecule has 0 aliphatic carbocycles. The number of rotatable bonds is 4. The van der Waals surface area contributed by atoms with Crippen molar-refractivity contribution in [2.24, 2.45) is 0 Å². The van der Waals surface area contributed by atoms with Crippen LogP contribution in [0.25, 0.3) is 6.08 Å². The fourth-order valence-corrected chi connectivity index (χ4v) is 3.87. The number of aromatic nitrogens is 1. The van der Waals surface area contributed by atoms with E-state index in [0.717, 1.165) is 12.0 Å². The van der Waals surface area contributed by atoms with E-state index >= 15 is 0 Å². The molecule has 1 aromatic rings. The maximum absolute atomic E-state index is 12.8. The Bertz CT molecular complexity index is 703. The number of ether oxygens (including phenoxy) is 1. The van der Waals surface area contributed by atoms with Gasteiger partial charge in [0, 0.05) is 18.9 Å². The maximum Gasteiger partial charge on any atom is 0.410 e. The third-order valence-electron chi connectivity index (χ3n) is 5.46. The smallest absolute Gasteiger partial charge is 0.410 e. The first-order valence-electron chi connectivity index (χ1n) is 10.0. The van der Waals surface area contributed by atoms with Crippen LogP contribution in [0.15, 0.2) is 30.1 Å². The van der Waals surface area contributed by atoms with Gasteiger partial charge in [0.05, 0.1) is 12.6 Å². The maximum atomic E-state index is 12.8. The average Bonchev–Trinajstić information content (AvgIpc) is 2.94. The van der Waals surface area contributed by atoms with Gasteiger partial charge in [-0.05, 0) is 68.6 Å². The molecule has 0 unspecified atom stereocenters. The number of nitrogens with zero attached hydrogens (tertiary/aromatic N) is 2. The summed E-state index contributed by atoms with van der Waals surface area (Å²) >= 11 is 0. The van der Waals surface area contributed by atoms with Gasteiger partial charge in [-0.3, -0.25) is 9.88 Å². The fraction of sp³-hybridized carbons (Fsp3) is 0.636. The monoisotopic (exact) mass is 404 g/mol. The van der Waals surface area contributed by atoms with E-state index in [1.807, 2.05) is 37.8 Å². The summed E-state index contributed by atoms with van der Waals surface area (Å²) in [6.45, 7) is 18.0. The van der Waals surface area contributed by atoms with Gasteiger partial charge in [0.1, 0.15) is 5.60 Å². The number of hydrogen-bond acceptors (Lipinski definition) is 4. The van der Waals surface area contributed by atoms with Gasteiger partial charge in [0.25, 0.3) is 0 Å². The zero-order valence-electron chi connectivity index (χ0n) is 18.7. The molecule has 0 bridgehead atoms. The largest absolute Gasteiger partial charge is 0.444 e. The van der Waals surface area contributed by atoms with Gasteiger partial charge >= 0.3 is 6.09 Å². The molecule has 28 heavy (non-hydrogen) atoms. The van der Waals surface area contributed by atoms with Crippen molar-refractivity contribution in [3.8, 4) is 0 Å². The molecule has 1 fully saturated rings. The van der Waals surface area contributed by atoms with Gasteiger partial charge in [0.2, 0.25) is 0 Å². The Kier molecular flexibility index (Phi) is 6.76. The molecule has 0 aromatic carbocycles. The minimum Gasteiger partial charge on any atom is -0.444 e. The van der Waals surface area contributed by atoms with Crippen LogP contribution in [0, 0.1) is 0 Å².